The Kier molecular flexibility index (Phi) is 5.03. The maximum Gasteiger partial charge on any atom is 0.117 e. The van der Waals surface area contributed by atoms with E-state index in [1.54, 1.807) is 0 Å². The molecule has 0 aromatic heterocycles. The molecule has 0 radical (unpaired) electrons. The number of halogens is 3. The van der Waals surface area contributed by atoms with Gasteiger partial charge in [0.05, 0.1) is 0 Å². The van der Waals surface area contributed by atoms with Gasteiger partial charge < -0.3 is 5.32 Å². The summed E-state index contributed by atoms with van der Waals surface area (Å²) >= 11 is 5.79. The van der Waals surface area contributed by atoms with E-state index in [4.69, 9.17) is 11.6 Å². The quantitative estimate of drug-likeness (QED) is 0.863. The molecule has 0 bridgehead atoms. The van der Waals surface area contributed by atoms with Crippen molar-refractivity contribution in [3.63, 3.8) is 0 Å². The molecule has 4 heteroatoms. The molecular weight excluding hydrogens is 248 g/mol. The minimum Gasteiger partial charge on any atom is -0.316 e. The van der Waals surface area contributed by atoms with Crippen LogP contribution in [0.5, 0.6) is 0 Å². The number of hydrogen-bond acceptors (Lipinski definition) is 1. The number of hydrogen-bond donors (Lipinski definition) is 1. The Balaban J connectivity index is 0.00000128. The van der Waals surface area contributed by atoms with E-state index in [9.17, 15) is 4.39 Å². The van der Waals surface area contributed by atoms with Crippen molar-refractivity contribution >= 4 is 24.0 Å². The molecule has 1 aromatic carbocycles. The molecule has 0 spiro atoms. The van der Waals surface area contributed by atoms with Gasteiger partial charge in [-0.25, -0.2) is 4.39 Å². The average molecular weight is 264 g/mol. The van der Waals surface area contributed by atoms with Gasteiger partial charge >= 0.3 is 0 Å². The highest BCUT2D eigenvalue weighted by atomic mass is 35.5. The van der Waals surface area contributed by atoms with E-state index in [2.05, 4.69) is 5.32 Å². The van der Waals surface area contributed by atoms with Crippen LogP contribution in [0.3, 0.4) is 0 Å². The minimum atomic E-state index is -1.03. The molecule has 0 amide bonds. The van der Waals surface area contributed by atoms with Crippen LogP contribution < -0.4 is 5.32 Å². The van der Waals surface area contributed by atoms with Gasteiger partial charge in [-0.15, -0.1) is 12.4 Å². The lowest BCUT2D eigenvalue weighted by Crippen LogP contribution is -2.40. The zero-order chi connectivity index (χ0) is 10.7. The molecular formula is C12H16Cl2FN. The Morgan fingerprint density at radius 1 is 1.19 bits per heavy atom. The second-order valence-electron chi connectivity index (χ2n) is 4.20. The van der Waals surface area contributed by atoms with Crippen molar-refractivity contribution in [3.05, 3.63) is 34.9 Å². The molecule has 1 N–H and O–H groups in total. The van der Waals surface area contributed by atoms with E-state index in [-0.39, 0.29) is 12.4 Å². The van der Waals surface area contributed by atoms with Crippen molar-refractivity contribution in [3.8, 4) is 0 Å². The van der Waals surface area contributed by atoms with E-state index < -0.39 is 5.67 Å². The molecule has 16 heavy (non-hydrogen) atoms. The largest absolute Gasteiger partial charge is 0.316 e. The van der Waals surface area contributed by atoms with Gasteiger partial charge in [-0.05, 0) is 43.6 Å². The van der Waals surface area contributed by atoms with Gasteiger partial charge in [0.15, 0.2) is 0 Å². The topological polar surface area (TPSA) is 12.0 Å². The van der Waals surface area contributed by atoms with Crippen LogP contribution in [0, 0.1) is 0 Å². The first-order valence-corrected chi connectivity index (χ1v) is 5.70. The van der Waals surface area contributed by atoms with Crippen molar-refractivity contribution < 1.29 is 4.39 Å². The van der Waals surface area contributed by atoms with Gasteiger partial charge in [-0.2, -0.15) is 0 Å². The Hall–Kier alpha value is -0.310. The van der Waals surface area contributed by atoms with Gasteiger partial charge in [-0.3, -0.25) is 0 Å². The Morgan fingerprint density at radius 3 is 2.31 bits per heavy atom. The predicted molar refractivity (Wildman–Crippen MR) is 68.3 cm³/mol. The number of alkyl halides is 1. The summed E-state index contributed by atoms with van der Waals surface area (Å²) in [6.07, 6.45) is 1.72. The van der Waals surface area contributed by atoms with Crippen LogP contribution in [-0.2, 0) is 6.42 Å². The number of nitrogens with one attached hydrogen (secondary N) is 1. The number of piperidine rings is 1. The molecule has 0 saturated carbocycles. The van der Waals surface area contributed by atoms with Crippen LogP contribution in [0.25, 0.3) is 0 Å². The summed E-state index contributed by atoms with van der Waals surface area (Å²) in [6, 6.07) is 7.46. The monoisotopic (exact) mass is 263 g/mol. The Bertz CT molecular complexity index is 320. The average Bonchev–Trinajstić information content (AvgIpc) is 2.22. The molecule has 1 aliphatic rings. The molecule has 1 fully saturated rings. The third kappa shape index (κ3) is 3.62. The lowest BCUT2D eigenvalue weighted by molar-refractivity contribution is 0.116. The highest BCUT2D eigenvalue weighted by Gasteiger charge is 2.31. The second kappa shape index (κ2) is 5.85. The summed E-state index contributed by atoms with van der Waals surface area (Å²) in [5.74, 6) is 0. The maximum atomic E-state index is 14.3. The van der Waals surface area contributed by atoms with Crippen LogP contribution >= 0.6 is 24.0 Å². The van der Waals surface area contributed by atoms with E-state index in [1.165, 1.54) is 0 Å². The molecule has 1 aliphatic heterocycles. The fraction of sp³-hybridized carbons (Fsp3) is 0.500. The molecule has 1 nitrogen and oxygen atoms in total. The van der Waals surface area contributed by atoms with Gasteiger partial charge in [0.25, 0.3) is 0 Å². The van der Waals surface area contributed by atoms with Gasteiger partial charge in [0.1, 0.15) is 5.67 Å². The third-order valence-electron chi connectivity index (χ3n) is 2.93. The first-order chi connectivity index (χ1) is 7.18. The SMILES string of the molecule is Cl.FC1(Cc2ccc(Cl)cc2)CCNCC1. The lowest BCUT2D eigenvalue weighted by atomic mass is 9.88. The summed E-state index contributed by atoms with van der Waals surface area (Å²) in [4.78, 5) is 0. The van der Waals surface area contributed by atoms with Crippen LogP contribution in [-0.4, -0.2) is 18.8 Å². The van der Waals surface area contributed by atoms with Crippen LogP contribution in [0.4, 0.5) is 4.39 Å². The second-order valence-corrected chi connectivity index (χ2v) is 4.64. The summed E-state index contributed by atoms with van der Waals surface area (Å²) in [5, 5.41) is 3.88. The first kappa shape index (κ1) is 13.8. The molecule has 0 atom stereocenters. The van der Waals surface area contributed by atoms with E-state index >= 15 is 0 Å². The molecule has 90 valence electrons. The fourth-order valence-electron chi connectivity index (χ4n) is 2.02. The summed E-state index contributed by atoms with van der Waals surface area (Å²) < 4.78 is 14.3. The molecule has 1 aromatic rings. The van der Waals surface area contributed by atoms with Crippen molar-refractivity contribution in [1.29, 1.82) is 0 Å². The highest BCUT2D eigenvalue weighted by Crippen LogP contribution is 2.28. The standard InChI is InChI=1S/C12H15ClFN.ClH/c13-11-3-1-10(2-4-11)9-12(14)5-7-15-8-6-12;/h1-4,15H,5-9H2;1H. The molecule has 0 unspecified atom stereocenters. The normalized spacial score (nSPS) is 18.9. The third-order valence-corrected chi connectivity index (χ3v) is 3.19. The minimum absolute atomic E-state index is 0. The fourth-order valence-corrected chi connectivity index (χ4v) is 2.15. The first-order valence-electron chi connectivity index (χ1n) is 5.32. The van der Waals surface area contributed by atoms with E-state index in [1.807, 2.05) is 24.3 Å². The predicted octanol–water partition coefficient (Wildman–Crippen LogP) is 3.40. The highest BCUT2D eigenvalue weighted by molar-refractivity contribution is 6.30. The maximum absolute atomic E-state index is 14.3. The smallest absolute Gasteiger partial charge is 0.117 e. The lowest BCUT2D eigenvalue weighted by Gasteiger charge is -2.30. The van der Waals surface area contributed by atoms with E-state index in [0.717, 1.165) is 18.7 Å². The zero-order valence-electron chi connectivity index (χ0n) is 9.01. The van der Waals surface area contributed by atoms with Crippen molar-refractivity contribution in [2.24, 2.45) is 0 Å². The van der Waals surface area contributed by atoms with Crippen molar-refractivity contribution in [2.45, 2.75) is 24.9 Å². The van der Waals surface area contributed by atoms with Crippen molar-refractivity contribution in [2.75, 3.05) is 13.1 Å². The van der Waals surface area contributed by atoms with Gasteiger partial charge in [-0.1, -0.05) is 23.7 Å². The Morgan fingerprint density at radius 2 is 1.75 bits per heavy atom. The summed E-state index contributed by atoms with van der Waals surface area (Å²) in [6.45, 7) is 1.56. The summed E-state index contributed by atoms with van der Waals surface area (Å²) in [7, 11) is 0. The zero-order valence-corrected chi connectivity index (χ0v) is 10.6. The van der Waals surface area contributed by atoms with Crippen LogP contribution in [0.1, 0.15) is 18.4 Å². The number of benzene rings is 1. The van der Waals surface area contributed by atoms with E-state index in [0.29, 0.717) is 24.3 Å². The van der Waals surface area contributed by atoms with Gasteiger partial charge in [0, 0.05) is 11.4 Å². The van der Waals surface area contributed by atoms with Crippen molar-refractivity contribution in [1.82, 2.24) is 5.32 Å². The molecule has 2 rings (SSSR count). The van der Waals surface area contributed by atoms with Gasteiger partial charge in [0.2, 0.25) is 0 Å². The summed E-state index contributed by atoms with van der Waals surface area (Å²) in [5.41, 5.74) is 0.00261. The molecule has 1 heterocycles. The number of rotatable bonds is 2. The molecule has 1 saturated heterocycles. The molecule has 0 aliphatic carbocycles. The van der Waals surface area contributed by atoms with Crippen LogP contribution in [0.2, 0.25) is 5.02 Å². The Labute approximate surface area is 107 Å². The van der Waals surface area contributed by atoms with Crippen LogP contribution in [0.15, 0.2) is 24.3 Å².